The second-order valence-corrected chi connectivity index (χ2v) is 6.60. The van der Waals surface area contributed by atoms with Gasteiger partial charge in [0, 0.05) is 43.3 Å². The highest BCUT2D eigenvalue weighted by molar-refractivity contribution is 6.06. The Balaban J connectivity index is 1.73. The number of hydrogen-bond donors (Lipinski definition) is 2. The van der Waals surface area contributed by atoms with E-state index in [0.29, 0.717) is 17.3 Å². The molecule has 0 bridgehead atoms. The molecule has 0 atom stereocenters. The van der Waals surface area contributed by atoms with Crippen molar-refractivity contribution >= 4 is 34.1 Å². The summed E-state index contributed by atoms with van der Waals surface area (Å²) in [4.78, 5) is 22.8. The molecule has 0 saturated carbocycles. The Bertz CT molecular complexity index is 1160. The highest BCUT2D eigenvalue weighted by Crippen LogP contribution is 2.25. The summed E-state index contributed by atoms with van der Waals surface area (Å²) in [6.07, 6.45) is 3.39. The molecule has 28 heavy (non-hydrogen) atoms. The predicted octanol–water partition coefficient (Wildman–Crippen LogP) is 3.33. The third kappa shape index (κ3) is 3.25. The van der Waals surface area contributed by atoms with Gasteiger partial charge in [-0.25, -0.2) is 4.98 Å². The van der Waals surface area contributed by atoms with Crippen LogP contribution in [0.2, 0.25) is 0 Å². The Morgan fingerprint density at radius 2 is 1.93 bits per heavy atom. The summed E-state index contributed by atoms with van der Waals surface area (Å²) in [6, 6.07) is 17.4. The van der Waals surface area contributed by atoms with Crippen LogP contribution >= 0.6 is 0 Å². The molecule has 0 unspecified atom stereocenters. The predicted molar refractivity (Wildman–Crippen MR) is 111 cm³/mol. The summed E-state index contributed by atoms with van der Waals surface area (Å²) in [7, 11) is 3.98. The van der Waals surface area contributed by atoms with Crippen molar-refractivity contribution in [2.75, 3.05) is 24.3 Å². The standard InChI is InChI=1S/C21H20N6O/c1-26(2)15-7-5-6-14(12-15)24-21-23-11-10-19(25-21)27-13-17(20(22)28)16-8-3-4-9-18(16)27/h3-13H,1-2H3,(H2,22,28)(H,23,24,25). The highest BCUT2D eigenvalue weighted by Gasteiger charge is 2.14. The van der Waals surface area contributed by atoms with E-state index in [1.807, 2.05) is 72.1 Å². The number of primary amides is 1. The van der Waals surface area contributed by atoms with Crippen molar-refractivity contribution in [3.8, 4) is 5.82 Å². The van der Waals surface area contributed by atoms with Gasteiger partial charge in [0.15, 0.2) is 0 Å². The number of amides is 1. The molecule has 2 aromatic heterocycles. The number of aromatic nitrogens is 3. The molecule has 7 nitrogen and oxygen atoms in total. The number of carbonyl (C=O) groups is 1. The van der Waals surface area contributed by atoms with Gasteiger partial charge in [-0.1, -0.05) is 24.3 Å². The Labute approximate surface area is 162 Å². The summed E-state index contributed by atoms with van der Waals surface area (Å²) in [5.74, 6) is 0.639. The molecular weight excluding hydrogens is 352 g/mol. The summed E-state index contributed by atoms with van der Waals surface area (Å²) < 4.78 is 1.85. The van der Waals surface area contributed by atoms with Gasteiger partial charge in [0.25, 0.3) is 5.91 Å². The molecule has 0 fully saturated rings. The molecule has 0 spiro atoms. The molecule has 2 heterocycles. The molecule has 140 valence electrons. The molecule has 4 aromatic rings. The van der Waals surface area contributed by atoms with Crippen LogP contribution in [0.15, 0.2) is 67.0 Å². The summed E-state index contributed by atoms with van der Waals surface area (Å²) >= 11 is 0. The van der Waals surface area contributed by atoms with E-state index in [1.54, 1.807) is 18.5 Å². The minimum Gasteiger partial charge on any atom is -0.378 e. The Morgan fingerprint density at radius 1 is 1.11 bits per heavy atom. The number of benzene rings is 2. The lowest BCUT2D eigenvalue weighted by Gasteiger charge is -2.14. The van der Waals surface area contributed by atoms with Gasteiger partial charge in [-0.15, -0.1) is 0 Å². The fraction of sp³-hybridized carbons (Fsp3) is 0.0952. The van der Waals surface area contributed by atoms with Gasteiger partial charge in [0.1, 0.15) is 5.82 Å². The number of para-hydroxylation sites is 1. The first-order chi connectivity index (χ1) is 13.5. The van der Waals surface area contributed by atoms with E-state index in [1.165, 1.54) is 0 Å². The number of nitrogens with two attached hydrogens (primary N) is 1. The van der Waals surface area contributed by atoms with Crippen LogP contribution in [0.4, 0.5) is 17.3 Å². The Morgan fingerprint density at radius 3 is 2.71 bits per heavy atom. The van der Waals surface area contributed by atoms with Crippen LogP contribution in [-0.4, -0.2) is 34.5 Å². The van der Waals surface area contributed by atoms with Gasteiger partial charge in [0.2, 0.25) is 5.95 Å². The van der Waals surface area contributed by atoms with Crippen molar-refractivity contribution in [2.45, 2.75) is 0 Å². The van der Waals surface area contributed by atoms with E-state index in [-0.39, 0.29) is 0 Å². The first-order valence-electron chi connectivity index (χ1n) is 8.80. The second-order valence-electron chi connectivity index (χ2n) is 6.60. The van der Waals surface area contributed by atoms with Crippen LogP contribution in [0.25, 0.3) is 16.7 Å². The lowest BCUT2D eigenvalue weighted by molar-refractivity contribution is 0.100. The van der Waals surface area contributed by atoms with E-state index in [4.69, 9.17) is 5.73 Å². The number of anilines is 3. The van der Waals surface area contributed by atoms with Crippen LogP contribution in [0.3, 0.4) is 0 Å². The fourth-order valence-corrected chi connectivity index (χ4v) is 3.10. The van der Waals surface area contributed by atoms with Crippen LogP contribution in [0, 0.1) is 0 Å². The highest BCUT2D eigenvalue weighted by atomic mass is 16.1. The fourth-order valence-electron chi connectivity index (χ4n) is 3.10. The van der Waals surface area contributed by atoms with Crippen molar-refractivity contribution in [2.24, 2.45) is 5.73 Å². The smallest absolute Gasteiger partial charge is 0.250 e. The van der Waals surface area contributed by atoms with Crippen LogP contribution in [-0.2, 0) is 0 Å². The van der Waals surface area contributed by atoms with Crippen molar-refractivity contribution < 1.29 is 4.79 Å². The molecule has 3 N–H and O–H groups in total. The maximum Gasteiger partial charge on any atom is 0.250 e. The van der Waals surface area contributed by atoms with Crippen LogP contribution < -0.4 is 16.0 Å². The summed E-state index contributed by atoms with van der Waals surface area (Å²) in [5.41, 5.74) is 8.82. The quantitative estimate of drug-likeness (QED) is 0.561. The lowest BCUT2D eigenvalue weighted by atomic mass is 10.2. The van der Waals surface area contributed by atoms with E-state index in [2.05, 4.69) is 15.3 Å². The van der Waals surface area contributed by atoms with Crippen LogP contribution in [0.1, 0.15) is 10.4 Å². The maximum atomic E-state index is 11.8. The molecule has 0 aliphatic heterocycles. The zero-order chi connectivity index (χ0) is 19.7. The number of carbonyl (C=O) groups excluding carboxylic acids is 1. The summed E-state index contributed by atoms with van der Waals surface area (Å²) in [6.45, 7) is 0. The Hall–Kier alpha value is -3.87. The van der Waals surface area contributed by atoms with Gasteiger partial charge in [-0.05, 0) is 30.3 Å². The third-order valence-electron chi connectivity index (χ3n) is 4.48. The second kappa shape index (κ2) is 7.03. The average Bonchev–Trinajstić information content (AvgIpc) is 3.08. The monoisotopic (exact) mass is 372 g/mol. The van der Waals surface area contributed by atoms with Crippen molar-refractivity contribution in [1.29, 1.82) is 0 Å². The number of nitrogens with zero attached hydrogens (tertiary/aromatic N) is 4. The van der Waals surface area contributed by atoms with E-state index in [9.17, 15) is 4.79 Å². The van der Waals surface area contributed by atoms with E-state index < -0.39 is 5.91 Å². The minimum absolute atomic E-state index is 0.461. The molecule has 0 radical (unpaired) electrons. The van der Waals surface area contributed by atoms with Crippen LogP contribution in [0.5, 0.6) is 0 Å². The molecular formula is C21H20N6O. The van der Waals surface area contributed by atoms with Gasteiger partial charge >= 0.3 is 0 Å². The maximum absolute atomic E-state index is 11.8. The Kier molecular flexibility index (Phi) is 4.41. The minimum atomic E-state index is -0.470. The van der Waals surface area contributed by atoms with Crippen molar-refractivity contribution in [1.82, 2.24) is 14.5 Å². The number of fused-ring (bicyclic) bond motifs is 1. The molecule has 0 aliphatic carbocycles. The normalized spacial score (nSPS) is 10.8. The molecule has 0 aliphatic rings. The zero-order valence-electron chi connectivity index (χ0n) is 15.6. The summed E-state index contributed by atoms with van der Waals surface area (Å²) in [5, 5.41) is 4.03. The average molecular weight is 372 g/mol. The third-order valence-corrected chi connectivity index (χ3v) is 4.48. The van der Waals surface area contributed by atoms with Gasteiger partial charge in [-0.3, -0.25) is 4.79 Å². The molecule has 4 rings (SSSR count). The van der Waals surface area contributed by atoms with Crippen molar-refractivity contribution in [3.05, 3.63) is 72.6 Å². The first kappa shape index (κ1) is 17.5. The van der Waals surface area contributed by atoms with Gasteiger partial charge < -0.3 is 20.5 Å². The zero-order valence-corrected chi connectivity index (χ0v) is 15.6. The molecule has 7 heteroatoms. The molecule has 1 amide bonds. The van der Waals surface area contributed by atoms with Crippen molar-refractivity contribution in [3.63, 3.8) is 0 Å². The first-order valence-corrected chi connectivity index (χ1v) is 8.80. The van der Waals surface area contributed by atoms with E-state index in [0.717, 1.165) is 22.3 Å². The molecule has 0 saturated heterocycles. The molecule has 2 aromatic carbocycles. The lowest BCUT2D eigenvalue weighted by Crippen LogP contribution is -2.10. The topological polar surface area (TPSA) is 89.1 Å². The largest absolute Gasteiger partial charge is 0.378 e. The SMILES string of the molecule is CN(C)c1cccc(Nc2nccc(-n3cc(C(N)=O)c4ccccc43)n2)c1. The van der Waals surface area contributed by atoms with Gasteiger partial charge in [-0.2, -0.15) is 4.98 Å². The number of hydrogen-bond acceptors (Lipinski definition) is 5. The van der Waals surface area contributed by atoms with E-state index >= 15 is 0 Å². The number of rotatable bonds is 5. The van der Waals surface area contributed by atoms with Gasteiger partial charge in [0.05, 0.1) is 11.1 Å². The number of nitrogens with one attached hydrogen (secondary N) is 1.